The van der Waals surface area contributed by atoms with Crippen LogP contribution in [0.25, 0.3) is 0 Å². The molecule has 0 spiro atoms. The molecule has 0 aromatic heterocycles. The van der Waals surface area contributed by atoms with Crippen LogP contribution in [0, 0.1) is 6.92 Å². The van der Waals surface area contributed by atoms with Gasteiger partial charge in [-0.1, -0.05) is 12.1 Å². The molecule has 12 heavy (non-hydrogen) atoms. The van der Waals surface area contributed by atoms with Crippen LogP contribution in [-0.2, 0) is 0 Å². The molecule has 0 bridgehead atoms. The predicted octanol–water partition coefficient (Wildman–Crippen LogP) is 2.31. The van der Waals surface area contributed by atoms with Crippen molar-refractivity contribution in [3.63, 3.8) is 0 Å². The molecule has 1 aliphatic heterocycles. The van der Waals surface area contributed by atoms with E-state index in [1.54, 1.807) is 6.20 Å². The standard InChI is InChI=1S/C10H10N2/c1-8-3-2-4-10-9(8)7-11-5-6-12-10/h2-7,12H,1H3. The van der Waals surface area contributed by atoms with E-state index >= 15 is 0 Å². The maximum absolute atomic E-state index is 4.10. The van der Waals surface area contributed by atoms with Gasteiger partial charge >= 0.3 is 0 Å². The van der Waals surface area contributed by atoms with Gasteiger partial charge in [0, 0.05) is 29.9 Å². The van der Waals surface area contributed by atoms with Gasteiger partial charge in [0.1, 0.15) is 0 Å². The number of aryl methyl sites for hydroxylation is 1. The SMILES string of the molecule is Cc1cccc2c1C=NC=CN2. The summed E-state index contributed by atoms with van der Waals surface area (Å²) in [7, 11) is 0. The number of hydrogen-bond donors (Lipinski definition) is 1. The zero-order valence-corrected chi connectivity index (χ0v) is 6.91. The quantitative estimate of drug-likeness (QED) is 0.615. The van der Waals surface area contributed by atoms with Gasteiger partial charge in [0.25, 0.3) is 0 Å². The van der Waals surface area contributed by atoms with Crippen molar-refractivity contribution < 1.29 is 0 Å². The lowest BCUT2D eigenvalue weighted by atomic mass is 10.1. The van der Waals surface area contributed by atoms with E-state index in [1.807, 2.05) is 24.5 Å². The Morgan fingerprint density at radius 1 is 1.33 bits per heavy atom. The summed E-state index contributed by atoms with van der Waals surface area (Å²) in [6.07, 6.45) is 5.46. The fourth-order valence-corrected chi connectivity index (χ4v) is 1.27. The summed E-state index contributed by atoms with van der Waals surface area (Å²) < 4.78 is 0. The summed E-state index contributed by atoms with van der Waals surface area (Å²) in [5, 5.41) is 3.16. The number of benzene rings is 1. The van der Waals surface area contributed by atoms with E-state index in [-0.39, 0.29) is 0 Å². The Bertz CT molecular complexity index is 351. The first-order valence-corrected chi connectivity index (χ1v) is 3.92. The van der Waals surface area contributed by atoms with Gasteiger partial charge in [-0.15, -0.1) is 0 Å². The molecule has 0 saturated heterocycles. The van der Waals surface area contributed by atoms with Crippen LogP contribution in [0.5, 0.6) is 0 Å². The van der Waals surface area contributed by atoms with Crippen molar-refractivity contribution in [1.29, 1.82) is 0 Å². The van der Waals surface area contributed by atoms with E-state index in [1.165, 1.54) is 11.1 Å². The van der Waals surface area contributed by atoms with E-state index < -0.39 is 0 Å². The molecule has 0 aliphatic carbocycles. The van der Waals surface area contributed by atoms with Crippen LogP contribution in [0.4, 0.5) is 5.69 Å². The second-order valence-corrected chi connectivity index (χ2v) is 2.77. The number of aliphatic imine (C=N–C) groups is 1. The predicted molar refractivity (Wildman–Crippen MR) is 51.5 cm³/mol. The molecule has 0 saturated carbocycles. The fraction of sp³-hybridized carbons (Fsp3) is 0.100. The molecule has 2 heteroatoms. The molecular formula is C10H10N2. The number of anilines is 1. The molecule has 0 fully saturated rings. The van der Waals surface area contributed by atoms with Crippen LogP contribution in [0.15, 0.2) is 35.6 Å². The fourth-order valence-electron chi connectivity index (χ4n) is 1.27. The number of nitrogens with one attached hydrogen (secondary N) is 1. The van der Waals surface area contributed by atoms with Crippen LogP contribution >= 0.6 is 0 Å². The van der Waals surface area contributed by atoms with Gasteiger partial charge in [0.05, 0.1) is 0 Å². The van der Waals surface area contributed by atoms with Gasteiger partial charge in [0.2, 0.25) is 0 Å². The van der Waals surface area contributed by atoms with Crippen LogP contribution in [-0.4, -0.2) is 6.21 Å². The third-order valence-electron chi connectivity index (χ3n) is 1.93. The lowest BCUT2D eigenvalue weighted by Crippen LogP contribution is -1.93. The molecule has 1 aromatic carbocycles. The minimum absolute atomic E-state index is 1.12. The summed E-state index contributed by atoms with van der Waals surface area (Å²) >= 11 is 0. The molecule has 1 N–H and O–H groups in total. The molecule has 0 amide bonds. The smallest absolute Gasteiger partial charge is 0.0472 e. The lowest BCUT2D eigenvalue weighted by Gasteiger charge is -2.05. The highest BCUT2D eigenvalue weighted by Crippen LogP contribution is 2.18. The normalized spacial score (nSPS) is 13.4. The molecule has 2 rings (SSSR count). The summed E-state index contributed by atoms with van der Waals surface area (Å²) in [4.78, 5) is 4.10. The first-order chi connectivity index (χ1) is 5.88. The van der Waals surface area contributed by atoms with E-state index in [9.17, 15) is 0 Å². The molecular weight excluding hydrogens is 148 g/mol. The van der Waals surface area contributed by atoms with Gasteiger partial charge in [-0.25, -0.2) is 0 Å². The molecule has 1 heterocycles. The van der Waals surface area contributed by atoms with Crippen molar-refractivity contribution >= 4 is 11.9 Å². The second-order valence-electron chi connectivity index (χ2n) is 2.77. The maximum atomic E-state index is 4.10. The molecule has 0 radical (unpaired) electrons. The van der Waals surface area contributed by atoms with Gasteiger partial charge in [0.15, 0.2) is 0 Å². The molecule has 1 aromatic rings. The third-order valence-corrected chi connectivity index (χ3v) is 1.93. The highest BCUT2D eigenvalue weighted by molar-refractivity contribution is 5.90. The van der Waals surface area contributed by atoms with Gasteiger partial charge in [-0.2, -0.15) is 0 Å². The van der Waals surface area contributed by atoms with Crippen molar-refractivity contribution in [1.82, 2.24) is 0 Å². The van der Waals surface area contributed by atoms with Crippen molar-refractivity contribution in [2.45, 2.75) is 6.92 Å². The van der Waals surface area contributed by atoms with Gasteiger partial charge < -0.3 is 5.32 Å². The van der Waals surface area contributed by atoms with E-state index in [0.29, 0.717) is 0 Å². The summed E-state index contributed by atoms with van der Waals surface area (Å²) in [5.74, 6) is 0. The van der Waals surface area contributed by atoms with Crippen molar-refractivity contribution in [2.24, 2.45) is 4.99 Å². The average Bonchev–Trinajstić information content (AvgIpc) is 2.30. The van der Waals surface area contributed by atoms with Crippen molar-refractivity contribution in [3.8, 4) is 0 Å². The Hall–Kier alpha value is -1.57. The molecule has 2 nitrogen and oxygen atoms in total. The Kier molecular flexibility index (Phi) is 1.67. The largest absolute Gasteiger partial charge is 0.360 e. The summed E-state index contributed by atoms with van der Waals surface area (Å²) in [6, 6.07) is 6.16. The Morgan fingerprint density at radius 2 is 2.25 bits per heavy atom. The average molecular weight is 158 g/mol. The minimum Gasteiger partial charge on any atom is -0.360 e. The number of fused-ring (bicyclic) bond motifs is 1. The lowest BCUT2D eigenvalue weighted by molar-refractivity contribution is 1.44. The van der Waals surface area contributed by atoms with Crippen molar-refractivity contribution in [2.75, 3.05) is 5.32 Å². The third kappa shape index (κ3) is 1.11. The first-order valence-electron chi connectivity index (χ1n) is 3.92. The van der Waals surface area contributed by atoms with Crippen LogP contribution in [0.3, 0.4) is 0 Å². The van der Waals surface area contributed by atoms with Crippen LogP contribution in [0.2, 0.25) is 0 Å². The zero-order chi connectivity index (χ0) is 8.39. The highest BCUT2D eigenvalue weighted by Gasteiger charge is 2.01. The second kappa shape index (κ2) is 2.81. The molecule has 60 valence electrons. The zero-order valence-electron chi connectivity index (χ0n) is 6.91. The maximum Gasteiger partial charge on any atom is 0.0472 e. The topological polar surface area (TPSA) is 24.4 Å². The summed E-state index contributed by atoms with van der Waals surface area (Å²) in [6.45, 7) is 2.08. The molecule has 0 unspecified atom stereocenters. The number of hydrogen-bond acceptors (Lipinski definition) is 2. The highest BCUT2D eigenvalue weighted by atomic mass is 14.9. The van der Waals surface area contributed by atoms with Gasteiger partial charge in [-0.3, -0.25) is 4.99 Å². The number of rotatable bonds is 0. The van der Waals surface area contributed by atoms with Gasteiger partial charge in [-0.05, 0) is 18.6 Å². The number of nitrogens with zero attached hydrogens (tertiary/aromatic N) is 1. The Balaban J connectivity index is 2.59. The minimum atomic E-state index is 1.12. The van der Waals surface area contributed by atoms with Crippen LogP contribution in [0.1, 0.15) is 11.1 Å². The Labute approximate surface area is 71.6 Å². The van der Waals surface area contributed by atoms with E-state index in [0.717, 1.165) is 5.69 Å². The molecule has 1 aliphatic rings. The monoisotopic (exact) mass is 158 g/mol. The van der Waals surface area contributed by atoms with Crippen molar-refractivity contribution in [3.05, 3.63) is 41.7 Å². The van der Waals surface area contributed by atoms with Crippen LogP contribution < -0.4 is 5.32 Å². The van der Waals surface area contributed by atoms with E-state index in [2.05, 4.69) is 23.3 Å². The Morgan fingerprint density at radius 3 is 3.17 bits per heavy atom. The first kappa shape index (κ1) is 7.10. The molecule has 0 atom stereocenters. The summed E-state index contributed by atoms with van der Waals surface area (Å²) in [5.41, 5.74) is 3.53. The van der Waals surface area contributed by atoms with E-state index in [4.69, 9.17) is 0 Å².